The molecule has 3 heterocycles. The van der Waals surface area contributed by atoms with Crippen LogP contribution in [0.25, 0.3) is 22.4 Å². The number of hydrogen-bond acceptors (Lipinski definition) is 6. The van der Waals surface area contributed by atoms with Gasteiger partial charge in [-0.1, -0.05) is 29.3 Å². The maximum absolute atomic E-state index is 14.2. The minimum Gasteiger partial charge on any atom is -0.390 e. The minimum atomic E-state index is -0.735. The molecule has 3 N–H and O–H groups in total. The molecule has 6 nitrogen and oxygen atoms in total. The molecular weight excluding hydrogens is 473 g/mol. The molecule has 2 atom stereocenters. The number of thiol groups is 1. The molecule has 0 bridgehead atoms. The van der Waals surface area contributed by atoms with E-state index in [1.54, 1.807) is 18.5 Å². The van der Waals surface area contributed by atoms with Crippen molar-refractivity contribution in [2.24, 2.45) is 0 Å². The molecule has 3 aromatic heterocycles. The Balaban J connectivity index is 0.000000291. The normalized spacial score (nSPS) is 20.0. The molecule has 9 heteroatoms. The maximum Gasteiger partial charge on any atom is 0.183 e. The van der Waals surface area contributed by atoms with Crippen LogP contribution in [0, 0.1) is 12.7 Å². The number of pyridine rings is 1. The lowest BCUT2D eigenvalue weighted by Gasteiger charge is -2.34. The van der Waals surface area contributed by atoms with Crippen molar-refractivity contribution < 1.29 is 9.50 Å². The number of rotatable bonds is 3. The average molecular weight is 500 g/mol. The molecule has 0 spiro atoms. The van der Waals surface area contributed by atoms with Crippen molar-refractivity contribution in [3.8, 4) is 11.4 Å². The molecule has 1 aromatic carbocycles. The summed E-state index contributed by atoms with van der Waals surface area (Å²) in [5.41, 5.74) is 1.91. The second-order valence-electron chi connectivity index (χ2n) is 8.91. The number of nitrogens with zero attached hydrogens (tertiary/aromatic N) is 3. The lowest BCUT2D eigenvalue weighted by Crippen LogP contribution is -2.38. The summed E-state index contributed by atoms with van der Waals surface area (Å²) in [6.07, 6.45) is 7.50. The summed E-state index contributed by atoms with van der Waals surface area (Å²) in [7, 11) is 0. The second kappa shape index (κ2) is 10.3. The highest BCUT2D eigenvalue weighted by atomic mass is 35.5. The SMILES string of the molecule is CC1(O)CCCC(Nc2nc(-c3c[nH]c4ncc(Cl)cc34)ncc2F)C1.Cc1ccc(S)cc1. The van der Waals surface area contributed by atoms with Gasteiger partial charge in [0, 0.05) is 34.3 Å². The summed E-state index contributed by atoms with van der Waals surface area (Å²) in [5.74, 6) is 0.00351. The van der Waals surface area contributed by atoms with Crippen LogP contribution < -0.4 is 5.32 Å². The number of aromatic amines is 1. The topological polar surface area (TPSA) is 86.7 Å². The maximum atomic E-state index is 14.2. The van der Waals surface area contributed by atoms with Crippen molar-refractivity contribution in [1.82, 2.24) is 19.9 Å². The lowest BCUT2D eigenvalue weighted by atomic mass is 9.83. The van der Waals surface area contributed by atoms with E-state index >= 15 is 0 Å². The first-order valence-electron chi connectivity index (χ1n) is 11.1. The van der Waals surface area contributed by atoms with Gasteiger partial charge in [-0.2, -0.15) is 0 Å². The van der Waals surface area contributed by atoms with Crippen molar-refractivity contribution >= 4 is 41.1 Å². The number of fused-ring (bicyclic) bond motifs is 1. The van der Waals surface area contributed by atoms with Gasteiger partial charge >= 0.3 is 0 Å². The van der Waals surface area contributed by atoms with Crippen LogP contribution in [0.15, 0.2) is 53.8 Å². The van der Waals surface area contributed by atoms with E-state index in [0.29, 0.717) is 28.5 Å². The summed E-state index contributed by atoms with van der Waals surface area (Å²) in [5, 5.41) is 14.7. The minimum absolute atomic E-state index is 0.0323. The molecule has 0 amide bonds. The summed E-state index contributed by atoms with van der Waals surface area (Å²) < 4.78 is 14.2. The van der Waals surface area contributed by atoms with Crippen LogP contribution in [-0.2, 0) is 0 Å². The highest BCUT2D eigenvalue weighted by Crippen LogP contribution is 2.31. The van der Waals surface area contributed by atoms with Crippen LogP contribution >= 0.6 is 24.2 Å². The van der Waals surface area contributed by atoms with Crippen LogP contribution in [0.1, 0.15) is 38.2 Å². The predicted octanol–water partition coefficient (Wildman–Crippen LogP) is 6.20. The Hall–Kier alpha value is -2.68. The van der Waals surface area contributed by atoms with Gasteiger partial charge in [0.1, 0.15) is 5.65 Å². The van der Waals surface area contributed by atoms with Gasteiger partial charge in [-0.3, -0.25) is 0 Å². The van der Waals surface area contributed by atoms with Crippen LogP contribution in [0.3, 0.4) is 0 Å². The van der Waals surface area contributed by atoms with Crippen molar-refractivity contribution in [2.75, 3.05) is 5.32 Å². The van der Waals surface area contributed by atoms with Gasteiger partial charge < -0.3 is 15.4 Å². The smallest absolute Gasteiger partial charge is 0.183 e. The van der Waals surface area contributed by atoms with Crippen LogP contribution in [0.5, 0.6) is 0 Å². The number of halogens is 2. The molecule has 5 rings (SSSR count). The number of anilines is 1. The van der Waals surface area contributed by atoms with E-state index in [2.05, 4.69) is 44.8 Å². The molecule has 1 saturated carbocycles. The third-order valence-corrected chi connectivity index (χ3v) is 6.32. The zero-order valence-electron chi connectivity index (χ0n) is 19.0. The van der Waals surface area contributed by atoms with Crippen LogP contribution in [0.4, 0.5) is 10.2 Å². The Morgan fingerprint density at radius 1 is 1.24 bits per heavy atom. The first kappa shape index (κ1) is 24.4. The molecular formula is C25H27ClFN5OS. The van der Waals surface area contributed by atoms with Gasteiger partial charge in [-0.15, -0.1) is 12.6 Å². The molecule has 178 valence electrons. The summed E-state index contributed by atoms with van der Waals surface area (Å²) in [6.45, 7) is 3.87. The lowest BCUT2D eigenvalue weighted by molar-refractivity contribution is 0.0182. The van der Waals surface area contributed by atoms with Crippen LogP contribution in [0.2, 0.25) is 5.02 Å². The third kappa shape index (κ3) is 6.05. The van der Waals surface area contributed by atoms with Gasteiger partial charge in [0.25, 0.3) is 0 Å². The highest BCUT2D eigenvalue weighted by molar-refractivity contribution is 7.80. The number of aryl methyl sites for hydroxylation is 1. The zero-order chi connectivity index (χ0) is 24.3. The van der Waals surface area contributed by atoms with E-state index in [0.717, 1.165) is 35.7 Å². The molecule has 1 fully saturated rings. The summed E-state index contributed by atoms with van der Waals surface area (Å²) >= 11 is 10.2. The summed E-state index contributed by atoms with van der Waals surface area (Å²) in [6, 6.07) is 9.80. The molecule has 0 saturated heterocycles. The van der Waals surface area contributed by atoms with Crippen molar-refractivity contribution in [2.45, 2.75) is 56.1 Å². The van der Waals surface area contributed by atoms with Crippen molar-refractivity contribution in [1.29, 1.82) is 0 Å². The van der Waals surface area contributed by atoms with Gasteiger partial charge in [-0.05, 0) is 57.7 Å². The fourth-order valence-electron chi connectivity index (χ4n) is 4.09. The molecule has 2 unspecified atom stereocenters. The molecule has 34 heavy (non-hydrogen) atoms. The van der Waals surface area contributed by atoms with E-state index in [-0.39, 0.29) is 11.9 Å². The standard InChI is InChI=1S/C18H19ClFN5O.C7H8S/c1-18(26)4-2-3-11(6-18)24-17-14(20)9-23-16(25-17)13-8-22-15-12(13)5-10(19)7-21-15;1-6-2-4-7(8)5-3-6/h5,7-9,11,26H,2-4,6H2,1H3,(H,21,22)(H,23,24,25);2-5,8H,1H3. The van der Waals surface area contributed by atoms with Gasteiger partial charge in [-0.25, -0.2) is 19.3 Å². The zero-order valence-corrected chi connectivity index (χ0v) is 20.7. The number of aromatic nitrogens is 4. The van der Waals surface area contributed by atoms with Crippen molar-refractivity contribution in [3.63, 3.8) is 0 Å². The number of aliphatic hydroxyl groups is 1. The number of benzene rings is 1. The fourth-order valence-corrected chi connectivity index (χ4v) is 4.39. The van der Waals surface area contributed by atoms with Gasteiger partial charge in [0.2, 0.25) is 0 Å². The fraction of sp³-hybridized carbons (Fsp3) is 0.320. The Labute approximate surface area is 208 Å². The van der Waals surface area contributed by atoms with Gasteiger partial charge in [0.15, 0.2) is 17.5 Å². The van der Waals surface area contributed by atoms with Crippen molar-refractivity contribution in [3.05, 3.63) is 65.3 Å². The van der Waals surface area contributed by atoms with E-state index < -0.39 is 11.4 Å². The molecule has 0 radical (unpaired) electrons. The quantitative estimate of drug-likeness (QED) is 0.252. The first-order valence-corrected chi connectivity index (χ1v) is 11.9. The Morgan fingerprint density at radius 2 is 2.00 bits per heavy atom. The molecule has 1 aliphatic rings. The molecule has 4 aromatic rings. The van der Waals surface area contributed by atoms with E-state index in [4.69, 9.17) is 11.6 Å². The first-order chi connectivity index (χ1) is 16.2. The van der Waals surface area contributed by atoms with E-state index in [1.807, 2.05) is 31.2 Å². The number of hydrogen-bond donors (Lipinski definition) is 4. The predicted molar refractivity (Wildman–Crippen MR) is 137 cm³/mol. The third-order valence-electron chi connectivity index (χ3n) is 5.81. The second-order valence-corrected chi connectivity index (χ2v) is 9.87. The largest absolute Gasteiger partial charge is 0.390 e. The van der Waals surface area contributed by atoms with E-state index in [9.17, 15) is 9.50 Å². The van der Waals surface area contributed by atoms with Gasteiger partial charge in [0.05, 0.1) is 16.8 Å². The molecule has 1 aliphatic carbocycles. The van der Waals surface area contributed by atoms with Crippen LogP contribution in [-0.4, -0.2) is 36.7 Å². The van der Waals surface area contributed by atoms with E-state index in [1.165, 1.54) is 5.56 Å². The molecule has 0 aliphatic heterocycles. The Morgan fingerprint density at radius 3 is 2.71 bits per heavy atom. The highest BCUT2D eigenvalue weighted by Gasteiger charge is 2.30. The summed E-state index contributed by atoms with van der Waals surface area (Å²) in [4.78, 5) is 16.8. The Kier molecular flexibility index (Phi) is 7.40. The Bertz CT molecular complexity index is 1260. The number of H-pyrrole nitrogens is 1. The monoisotopic (exact) mass is 499 g/mol. The average Bonchev–Trinajstić information content (AvgIpc) is 3.20. The number of nitrogens with one attached hydrogen (secondary N) is 2.